The van der Waals surface area contributed by atoms with Crippen LogP contribution in [0.5, 0.6) is 11.5 Å². The van der Waals surface area contributed by atoms with Gasteiger partial charge in [0.2, 0.25) is 15.9 Å². The van der Waals surface area contributed by atoms with E-state index in [0.717, 1.165) is 24.4 Å². The average molecular weight is 488 g/mol. The molecule has 1 aliphatic carbocycles. The van der Waals surface area contributed by atoms with E-state index in [0.29, 0.717) is 31.7 Å². The third-order valence-corrected chi connectivity index (χ3v) is 8.47. The number of carbonyl (C=O) groups is 1. The van der Waals surface area contributed by atoms with Crippen molar-refractivity contribution in [1.82, 2.24) is 14.5 Å². The summed E-state index contributed by atoms with van der Waals surface area (Å²) in [4.78, 5) is 17.9. The minimum absolute atomic E-state index is 0.0679. The molecule has 1 saturated carbocycles. The number of sulfonamides is 1. The largest absolute Gasteiger partial charge is 0.497 e. The summed E-state index contributed by atoms with van der Waals surface area (Å²) in [5.74, 6) is 1.11. The monoisotopic (exact) mass is 487 g/mol. The van der Waals surface area contributed by atoms with E-state index < -0.39 is 10.0 Å². The maximum absolute atomic E-state index is 13.6. The summed E-state index contributed by atoms with van der Waals surface area (Å²) in [5, 5.41) is 0. The van der Waals surface area contributed by atoms with Crippen LogP contribution < -0.4 is 14.2 Å². The first kappa shape index (κ1) is 24.5. The van der Waals surface area contributed by atoms with E-state index in [-0.39, 0.29) is 28.7 Å². The number of nitrogens with zero attached hydrogens (tertiary/aromatic N) is 2. The van der Waals surface area contributed by atoms with Gasteiger partial charge in [0.15, 0.2) is 0 Å². The zero-order chi connectivity index (χ0) is 24.3. The molecule has 4 rings (SSSR count). The summed E-state index contributed by atoms with van der Waals surface area (Å²) in [7, 11) is 1.49. The van der Waals surface area contributed by atoms with Crippen molar-refractivity contribution in [2.45, 2.75) is 29.7 Å². The minimum Gasteiger partial charge on any atom is -0.497 e. The second-order valence-corrected chi connectivity index (χ2v) is 10.8. The van der Waals surface area contributed by atoms with Crippen LogP contribution in [-0.2, 0) is 14.8 Å². The molecule has 3 atom stereocenters. The number of rotatable bonds is 7. The highest BCUT2D eigenvalue weighted by Gasteiger charge is 2.43. The quantitative estimate of drug-likeness (QED) is 0.645. The molecule has 184 valence electrons. The van der Waals surface area contributed by atoms with Crippen LogP contribution in [0.1, 0.15) is 24.3 Å². The van der Waals surface area contributed by atoms with Gasteiger partial charge in [0.25, 0.3) is 0 Å². The molecule has 0 bridgehead atoms. The summed E-state index contributed by atoms with van der Waals surface area (Å²) >= 11 is 0. The molecule has 9 heteroatoms. The lowest BCUT2D eigenvalue weighted by molar-refractivity contribution is -0.137. The van der Waals surface area contributed by atoms with Crippen LogP contribution >= 0.6 is 0 Å². The number of ether oxygens (including phenoxy) is 2. The van der Waals surface area contributed by atoms with Crippen LogP contribution in [0.3, 0.4) is 0 Å². The third-order valence-electron chi connectivity index (χ3n) is 6.93. The molecule has 1 amide bonds. The topological polar surface area (TPSA) is 88.2 Å². The number of nitrogens with one attached hydrogen (secondary N) is 1. The predicted octanol–water partition coefficient (Wildman–Crippen LogP) is 2.32. The van der Waals surface area contributed by atoms with Crippen molar-refractivity contribution in [3.05, 3.63) is 54.1 Å². The first-order chi connectivity index (χ1) is 16.3. The molecule has 8 nitrogen and oxygen atoms in total. The van der Waals surface area contributed by atoms with E-state index in [1.165, 1.54) is 19.2 Å². The van der Waals surface area contributed by atoms with Gasteiger partial charge >= 0.3 is 0 Å². The molecule has 1 N–H and O–H groups in total. The van der Waals surface area contributed by atoms with Gasteiger partial charge in [-0.05, 0) is 67.8 Å². The summed E-state index contributed by atoms with van der Waals surface area (Å²) in [6.45, 7) is 3.09. The van der Waals surface area contributed by atoms with Crippen LogP contribution in [0.25, 0.3) is 0 Å². The van der Waals surface area contributed by atoms with Crippen molar-refractivity contribution >= 4 is 15.9 Å². The molecular weight excluding hydrogens is 454 g/mol. The Morgan fingerprint density at radius 1 is 0.882 bits per heavy atom. The highest BCUT2D eigenvalue weighted by atomic mass is 32.2. The minimum atomic E-state index is -3.72. The second-order valence-electron chi connectivity index (χ2n) is 9.08. The van der Waals surface area contributed by atoms with Gasteiger partial charge < -0.3 is 19.3 Å². The SMILES string of the molecule is COc1ccc([C@H]2C[C@H](NS(=O)(=O)c3ccc(OC)cc3)C[C@@H]2C(=O)N2CCN(C)CC2)cc1. The lowest BCUT2D eigenvalue weighted by atomic mass is 9.87. The van der Waals surface area contributed by atoms with Crippen molar-refractivity contribution < 1.29 is 22.7 Å². The Morgan fingerprint density at radius 3 is 2.00 bits per heavy atom. The summed E-state index contributed by atoms with van der Waals surface area (Å²) in [5.41, 5.74) is 1.03. The Hall–Kier alpha value is -2.62. The van der Waals surface area contributed by atoms with Crippen LogP contribution in [0.15, 0.2) is 53.4 Å². The smallest absolute Gasteiger partial charge is 0.240 e. The lowest BCUT2D eigenvalue weighted by Crippen LogP contribution is -2.49. The Morgan fingerprint density at radius 2 is 1.44 bits per heavy atom. The van der Waals surface area contributed by atoms with Gasteiger partial charge in [-0.1, -0.05) is 12.1 Å². The predicted molar refractivity (Wildman–Crippen MR) is 130 cm³/mol. The van der Waals surface area contributed by atoms with Gasteiger partial charge in [-0.2, -0.15) is 0 Å². The van der Waals surface area contributed by atoms with E-state index in [9.17, 15) is 13.2 Å². The highest BCUT2D eigenvalue weighted by Crippen LogP contribution is 2.42. The molecule has 1 aliphatic heterocycles. The van der Waals surface area contributed by atoms with Crippen molar-refractivity contribution in [3.63, 3.8) is 0 Å². The average Bonchev–Trinajstić information content (AvgIpc) is 3.27. The van der Waals surface area contributed by atoms with Crippen LogP contribution in [0.4, 0.5) is 0 Å². The van der Waals surface area contributed by atoms with Gasteiger partial charge in [0.1, 0.15) is 11.5 Å². The summed E-state index contributed by atoms with van der Waals surface area (Å²) in [6.07, 6.45) is 1.03. The van der Waals surface area contributed by atoms with Crippen LogP contribution in [0.2, 0.25) is 0 Å². The molecule has 0 radical (unpaired) electrons. The maximum atomic E-state index is 13.6. The first-order valence-electron chi connectivity index (χ1n) is 11.6. The Bertz CT molecular complexity index is 1080. The fraction of sp³-hybridized carbons (Fsp3) is 0.480. The number of hydrogen-bond donors (Lipinski definition) is 1. The molecule has 34 heavy (non-hydrogen) atoms. The molecule has 1 saturated heterocycles. The fourth-order valence-corrected chi connectivity index (χ4v) is 6.19. The number of hydrogen-bond acceptors (Lipinski definition) is 6. The van der Waals surface area contributed by atoms with Gasteiger partial charge in [-0.3, -0.25) is 4.79 Å². The van der Waals surface area contributed by atoms with E-state index in [2.05, 4.69) is 16.7 Å². The van der Waals surface area contributed by atoms with Gasteiger partial charge in [0.05, 0.1) is 19.1 Å². The molecule has 0 spiro atoms. The second kappa shape index (κ2) is 10.3. The molecule has 0 aromatic heterocycles. The maximum Gasteiger partial charge on any atom is 0.240 e. The molecule has 2 fully saturated rings. The Balaban J connectivity index is 1.55. The Kier molecular flexibility index (Phi) is 7.45. The Labute approximate surface area is 201 Å². The number of methoxy groups -OCH3 is 2. The van der Waals surface area contributed by atoms with Gasteiger partial charge in [0, 0.05) is 38.1 Å². The number of benzene rings is 2. The standard InChI is InChI=1S/C25H33N3O5S/c1-27-12-14-28(15-13-27)25(29)24-17-19(16-23(24)18-4-6-20(32-2)7-5-18)26-34(30,31)22-10-8-21(33-3)9-11-22/h4-11,19,23-24,26H,12-17H2,1-3H3/t19-,23+,24-/m0/s1. The number of amides is 1. The van der Waals surface area contributed by atoms with Gasteiger partial charge in [-0.25, -0.2) is 13.1 Å². The van der Waals surface area contributed by atoms with E-state index >= 15 is 0 Å². The first-order valence-corrected chi connectivity index (χ1v) is 13.1. The normalized spacial score (nSPS) is 23.6. The molecular formula is C25H33N3O5S. The number of likely N-dealkylation sites (N-methyl/N-ethyl adjacent to an activating group) is 1. The highest BCUT2D eigenvalue weighted by molar-refractivity contribution is 7.89. The number of piperazine rings is 1. The van der Waals surface area contributed by atoms with Crippen molar-refractivity contribution in [1.29, 1.82) is 0 Å². The van der Waals surface area contributed by atoms with Gasteiger partial charge in [-0.15, -0.1) is 0 Å². The zero-order valence-corrected chi connectivity index (χ0v) is 20.8. The van der Waals surface area contributed by atoms with Crippen molar-refractivity contribution in [2.24, 2.45) is 5.92 Å². The zero-order valence-electron chi connectivity index (χ0n) is 19.9. The van der Waals surface area contributed by atoms with Crippen molar-refractivity contribution in [3.8, 4) is 11.5 Å². The molecule has 2 aromatic rings. The summed E-state index contributed by atoms with van der Waals surface area (Å²) < 4.78 is 39.4. The number of carbonyl (C=O) groups excluding carboxylic acids is 1. The lowest BCUT2D eigenvalue weighted by Gasteiger charge is -2.35. The van der Waals surface area contributed by atoms with Crippen LogP contribution in [-0.4, -0.2) is 77.6 Å². The molecule has 2 aliphatic rings. The van der Waals surface area contributed by atoms with E-state index in [1.54, 1.807) is 19.2 Å². The van der Waals surface area contributed by atoms with E-state index in [4.69, 9.17) is 9.47 Å². The molecule has 2 aromatic carbocycles. The van der Waals surface area contributed by atoms with Crippen molar-refractivity contribution in [2.75, 3.05) is 47.4 Å². The molecule has 1 heterocycles. The summed E-state index contributed by atoms with van der Waals surface area (Å²) in [6, 6.07) is 13.7. The fourth-order valence-electron chi connectivity index (χ4n) is 4.93. The molecule has 0 unspecified atom stereocenters. The van der Waals surface area contributed by atoms with Crippen LogP contribution in [0, 0.1) is 5.92 Å². The van der Waals surface area contributed by atoms with E-state index in [1.807, 2.05) is 29.2 Å². The third kappa shape index (κ3) is 5.37.